The van der Waals surface area contributed by atoms with Crippen LogP contribution in [0.15, 0.2) is 35.7 Å². The first kappa shape index (κ1) is 7.90. The monoisotopic (exact) mass is 161 g/mol. The van der Waals surface area contributed by atoms with Gasteiger partial charge in [0, 0.05) is 0 Å². The highest BCUT2D eigenvalue weighted by atomic mass is 32.2. The molecule has 0 aliphatic rings. The predicted octanol–water partition coefficient (Wildman–Crippen LogP) is 2.87. The summed E-state index contributed by atoms with van der Waals surface area (Å²) in [5, 5.41) is 11.9. The van der Waals surface area contributed by atoms with E-state index in [0.29, 0.717) is 0 Å². The molecular formula is C9H7NS. The lowest BCUT2D eigenvalue weighted by atomic mass is 10.2. The Labute approximate surface area is 70.4 Å². The maximum atomic E-state index is 8.21. The summed E-state index contributed by atoms with van der Waals surface area (Å²) in [7, 11) is 0. The fraction of sp³-hybridized carbons (Fsp3) is 0. The summed E-state index contributed by atoms with van der Waals surface area (Å²) >= 11 is 1.13. The SMILES string of the molecule is N#CSC=Cc1ccccc1. The highest BCUT2D eigenvalue weighted by Crippen LogP contribution is 2.05. The van der Waals surface area contributed by atoms with E-state index in [2.05, 4.69) is 0 Å². The lowest BCUT2D eigenvalue weighted by Crippen LogP contribution is -1.65. The summed E-state index contributed by atoms with van der Waals surface area (Å²) in [5.74, 6) is 0. The Morgan fingerprint density at radius 1 is 1.27 bits per heavy atom. The molecule has 0 N–H and O–H groups in total. The van der Waals surface area contributed by atoms with Crippen LogP contribution in [-0.2, 0) is 0 Å². The van der Waals surface area contributed by atoms with Crippen molar-refractivity contribution in [1.29, 1.82) is 5.26 Å². The minimum Gasteiger partial charge on any atom is -0.185 e. The number of nitrogens with zero attached hydrogens (tertiary/aromatic N) is 1. The summed E-state index contributed by atoms with van der Waals surface area (Å²) in [5.41, 5.74) is 1.12. The van der Waals surface area contributed by atoms with Crippen molar-refractivity contribution < 1.29 is 0 Å². The Kier molecular flexibility index (Phi) is 3.30. The number of rotatable bonds is 2. The Morgan fingerprint density at radius 2 is 2.00 bits per heavy atom. The molecule has 0 aliphatic carbocycles. The molecular weight excluding hydrogens is 154 g/mol. The maximum Gasteiger partial charge on any atom is 0.137 e. The van der Waals surface area contributed by atoms with Crippen LogP contribution in [0.3, 0.4) is 0 Å². The zero-order chi connectivity index (χ0) is 7.94. The van der Waals surface area contributed by atoms with E-state index in [-0.39, 0.29) is 0 Å². The van der Waals surface area contributed by atoms with Crippen LogP contribution in [0, 0.1) is 10.7 Å². The molecule has 0 aromatic heterocycles. The smallest absolute Gasteiger partial charge is 0.137 e. The van der Waals surface area contributed by atoms with Crippen molar-refractivity contribution in [2.24, 2.45) is 0 Å². The summed E-state index contributed by atoms with van der Waals surface area (Å²) in [6.45, 7) is 0. The van der Waals surface area contributed by atoms with Gasteiger partial charge in [-0.3, -0.25) is 0 Å². The van der Waals surface area contributed by atoms with Crippen LogP contribution >= 0.6 is 11.8 Å². The van der Waals surface area contributed by atoms with Crippen LogP contribution < -0.4 is 0 Å². The molecule has 0 atom stereocenters. The molecule has 2 heteroatoms. The molecule has 11 heavy (non-hydrogen) atoms. The van der Waals surface area contributed by atoms with E-state index >= 15 is 0 Å². The fourth-order valence-corrected chi connectivity index (χ4v) is 0.993. The van der Waals surface area contributed by atoms with Gasteiger partial charge in [0.2, 0.25) is 0 Å². The minimum atomic E-state index is 1.12. The molecule has 1 nitrogen and oxygen atoms in total. The lowest BCUT2D eigenvalue weighted by molar-refractivity contribution is 1.57. The predicted molar refractivity (Wildman–Crippen MR) is 48.7 cm³/mol. The van der Waals surface area contributed by atoms with Crippen molar-refractivity contribution in [3.8, 4) is 5.40 Å². The standard InChI is InChI=1S/C9H7NS/c10-8-11-7-6-9-4-2-1-3-5-9/h1-7H. The van der Waals surface area contributed by atoms with Gasteiger partial charge in [0.05, 0.1) is 0 Å². The third-order valence-corrected chi connectivity index (χ3v) is 1.56. The van der Waals surface area contributed by atoms with Gasteiger partial charge >= 0.3 is 0 Å². The highest BCUT2D eigenvalue weighted by molar-refractivity contribution is 8.06. The van der Waals surface area contributed by atoms with E-state index < -0.39 is 0 Å². The summed E-state index contributed by atoms with van der Waals surface area (Å²) in [4.78, 5) is 0. The van der Waals surface area contributed by atoms with Crippen LogP contribution in [0.25, 0.3) is 6.08 Å². The van der Waals surface area contributed by atoms with E-state index in [1.54, 1.807) is 5.41 Å². The van der Waals surface area contributed by atoms with Crippen molar-refractivity contribution in [3.05, 3.63) is 41.3 Å². The van der Waals surface area contributed by atoms with E-state index in [4.69, 9.17) is 5.26 Å². The first-order chi connectivity index (χ1) is 5.43. The number of benzene rings is 1. The Morgan fingerprint density at radius 3 is 2.64 bits per heavy atom. The Bertz CT molecular complexity index is 271. The third kappa shape index (κ3) is 2.92. The van der Waals surface area contributed by atoms with Gasteiger partial charge in [0.1, 0.15) is 5.40 Å². The molecule has 54 valence electrons. The molecule has 1 aromatic rings. The van der Waals surface area contributed by atoms with E-state index in [0.717, 1.165) is 17.3 Å². The molecule has 0 saturated carbocycles. The molecule has 1 aromatic carbocycles. The number of hydrogen-bond acceptors (Lipinski definition) is 2. The average molecular weight is 161 g/mol. The number of nitriles is 1. The van der Waals surface area contributed by atoms with Gasteiger partial charge in [0.15, 0.2) is 0 Å². The van der Waals surface area contributed by atoms with Crippen molar-refractivity contribution in [1.82, 2.24) is 0 Å². The zero-order valence-electron chi connectivity index (χ0n) is 5.90. The topological polar surface area (TPSA) is 23.8 Å². The third-order valence-electron chi connectivity index (χ3n) is 1.18. The van der Waals surface area contributed by atoms with Crippen LogP contribution in [0.4, 0.5) is 0 Å². The summed E-state index contributed by atoms with van der Waals surface area (Å²) in [6.07, 6.45) is 1.91. The molecule has 0 radical (unpaired) electrons. The second kappa shape index (κ2) is 4.59. The normalized spacial score (nSPS) is 9.73. The first-order valence-electron chi connectivity index (χ1n) is 3.20. The number of thiocyanates is 1. The molecule has 0 unspecified atom stereocenters. The van der Waals surface area contributed by atoms with Gasteiger partial charge in [-0.05, 0) is 28.8 Å². The van der Waals surface area contributed by atoms with Crippen molar-refractivity contribution >= 4 is 17.8 Å². The minimum absolute atomic E-state index is 1.12. The van der Waals surface area contributed by atoms with Crippen molar-refractivity contribution in [2.45, 2.75) is 0 Å². The molecule has 0 saturated heterocycles. The molecule has 0 aliphatic heterocycles. The van der Waals surface area contributed by atoms with Gasteiger partial charge in [-0.2, -0.15) is 5.26 Å². The fourth-order valence-electron chi connectivity index (χ4n) is 0.707. The lowest BCUT2D eigenvalue weighted by Gasteiger charge is -1.87. The molecule has 0 amide bonds. The van der Waals surface area contributed by atoms with Gasteiger partial charge in [-0.1, -0.05) is 30.3 Å². The maximum absolute atomic E-state index is 8.21. The zero-order valence-corrected chi connectivity index (χ0v) is 6.71. The number of hydrogen-bond donors (Lipinski definition) is 0. The van der Waals surface area contributed by atoms with Gasteiger partial charge < -0.3 is 0 Å². The van der Waals surface area contributed by atoms with Gasteiger partial charge in [-0.25, -0.2) is 0 Å². The Hall–Kier alpha value is -1.20. The Balaban J connectivity index is 2.59. The molecule has 0 spiro atoms. The van der Waals surface area contributed by atoms with Gasteiger partial charge in [-0.15, -0.1) is 0 Å². The van der Waals surface area contributed by atoms with E-state index in [1.165, 1.54) is 0 Å². The van der Waals surface area contributed by atoms with Crippen LogP contribution in [0.5, 0.6) is 0 Å². The van der Waals surface area contributed by atoms with Crippen molar-refractivity contribution in [2.75, 3.05) is 0 Å². The van der Waals surface area contributed by atoms with E-state index in [9.17, 15) is 0 Å². The average Bonchev–Trinajstić information content (AvgIpc) is 2.07. The number of thioether (sulfide) groups is 1. The molecule has 0 fully saturated rings. The second-order valence-electron chi connectivity index (χ2n) is 1.92. The molecule has 0 bridgehead atoms. The van der Waals surface area contributed by atoms with Crippen LogP contribution in [-0.4, -0.2) is 0 Å². The first-order valence-corrected chi connectivity index (χ1v) is 4.08. The summed E-state index contributed by atoms with van der Waals surface area (Å²) in [6, 6.07) is 9.89. The van der Waals surface area contributed by atoms with Crippen LogP contribution in [0.1, 0.15) is 5.56 Å². The highest BCUT2D eigenvalue weighted by Gasteiger charge is 1.80. The largest absolute Gasteiger partial charge is 0.185 e. The van der Waals surface area contributed by atoms with Crippen LogP contribution in [0.2, 0.25) is 0 Å². The molecule has 1 rings (SSSR count). The summed E-state index contributed by atoms with van der Waals surface area (Å²) < 4.78 is 0. The molecule has 0 heterocycles. The van der Waals surface area contributed by atoms with Gasteiger partial charge in [0.25, 0.3) is 0 Å². The van der Waals surface area contributed by atoms with Crippen molar-refractivity contribution in [3.63, 3.8) is 0 Å². The second-order valence-corrected chi connectivity index (χ2v) is 2.61. The van der Waals surface area contributed by atoms with E-state index in [1.807, 2.05) is 41.8 Å². The quantitative estimate of drug-likeness (QED) is 0.623.